The summed E-state index contributed by atoms with van der Waals surface area (Å²) < 4.78 is 26.3. The quantitative estimate of drug-likeness (QED) is 0.625. The van der Waals surface area contributed by atoms with E-state index in [0.717, 1.165) is 17.5 Å². The van der Waals surface area contributed by atoms with E-state index in [1.807, 2.05) is 0 Å². The second-order valence-corrected chi connectivity index (χ2v) is 4.48. The van der Waals surface area contributed by atoms with Crippen molar-refractivity contribution in [1.82, 2.24) is 9.97 Å². The van der Waals surface area contributed by atoms with Gasteiger partial charge in [0.05, 0.1) is 16.1 Å². The van der Waals surface area contributed by atoms with Crippen molar-refractivity contribution in [2.24, 2.45) is 0 Å². The van der Waals surface area contributed by atoms with Crippen molar-refractivity contribution in [3.63, 3.8) is 0 Å². The summed E-state index contributed by atoms with van der Waals surface area (Å²) in [6.45, 7) is 0. The topological polar surface area (TPSA) is 28.7 Å². The largest absolute Gasteiger partial charge is 0.346 e. The Bertz CT molecular complexity index is 859. The standard InChI is InChI=1S/C15H7ClF2N2/c16-14-10(8-20-15-12(14)5-6-19-15)2-1-9-3-4-11(17)7-13(9)18/h3-8H,(H,19,20). The van der Waals surface area contributed by atoms with E-state index in [1.54, 1.807) is 12.3 Å². The predicted molar refractivity (Wildman–Crippen MR) is 73.4 cm³/mol. The van der Waals surface area contributed by atoms with E-state index < -0.39 is 11.6 Å². The second kappa shape index (κ2) is 4.95. The molecule has 98 valence electrons. The fourth-order valence-electron chi connectivity index (χ4n) is 1.79. The van der Waals surface area contributed by atoms with Gasteiger partial charge < -0.3 is 4.98 Å². The molecule has 1 aromatic carbocycles. The van der Waals surface area contributed by atoms with Crippen LogP contribution in [0.3, 0.4) is 0 Å². The molecule has 0 aliphatic heterocycles. The third-order valence-corrected chi connectivity index (χ3v) is 3.19. The van der Waals surface area contributed by atoms with E-state index in [1.165, 1.54) is 12.3 Å². The van der Waals surface area contributed by atoms with Crippen LogP contribution in [-0.4, -0.2) is 9.97 Å². The first kappa shape index (κ1) is 12.6. The first-order valence-corrected chi connectivity index (χ1v) is 6.11. The summed E-state index contributed by atoms with van der Waals surface area (Å²) in [6, 6.07) is 5.02. The number of aromatic amines is 1. The number of hydrogen-bond acceptors (Lipinski definition) is 1. The van der Waals surface area contributed by atoms with Crippen molar-refractivity contribution in [3.8, 4) is 11.8 Å². The highest BCUT2D eigenvalue weighted by atomic mass is 35.5. The van der Waals surface area contributed by atoms with E-state index in [2.05, 4.69) is 21.8 Å². The molecule has 3 aromatic rings. The van der Waals surface area contributed by atoms with Crippen LogP contribution in [0.15, 0.2) is 36.7 Å². The second-order valence-electron chi connectivity index (χ2n) is 4.10. The van der Waals surface area contributed by atoms with Crippen LogP contribution >= 0.6 is 11.6 Å². The van der Waals surface area contributed by atoms with Crippen molar-refractivity contribution in [2.75, 3.05) is 0 Å². The Morgan fingerprint density at radius 3 is 2.70 bits per heavy atom. The average molecular weight is 289 g/mol. The Kier molecular flexibility index (Phi) is 3.13. The fourth-order valence-corrected chi connectivity index (χ4v) is 2.04. The van der Waals surface area contributed by atoms with Gasteiger partial charge in [0.15, 0.2) is 0 Å². The van der Waals surface area contributed by atoms with Gasteiger partial charge in [-0.25, -0.2) is 13.8 Å². The van der Waals surface area contributed by atoms with E-state index in [-0.39, 0.29) is 5.56 Å². The number of rotatable bonds is 0. The number of hydrogen-bond donors (Lipinski definition) is 1. The first-order valence-electron chi connectivity index (χ1n) is 5.74. The molecule has 2 aromatic heterocycles. The first-order chi connectivity index (χ1) is 9.65. The number of H-pyrrole nitrogens is 1. The van der Waals surface area contributed by atoms with Gasteiger partial charge in [0, 0.05) is 23.8 Å². The van der Waals surface area contributed by atoms with Crippen LogP contribution in [0.2, 0.25) is 5.02 Å². The van der Waals surface area contributed by atoms with E-state index in [9.17, 15) is 8.78 Å². The summed E-state index contributed by atoms with van der Waals surface area (Å²) in [6.07, 6.45) is 3.23. The van der Waals surface area contributed by atoms with Crippen molar-refractivity contribution < 1.29 is 8.78 Å². The Morgan fingerprint density at radius 2 is 1.90 bits per heavy atom. The van der Waals surface area contributed by atoms with Gasteiger partial charge in [-0.05, 0) is 18.2 Å². The molecule has 0 saturated carbocycles. The zero-order chi connectivity index (χ0) is 14.1. The SMILES string of the molecule is Fc1ccc(C#Cc2cnc3[nH]ccc3c2Cl)c(F)c1. The Balaban J connectivity index is 2.05. The number of fused-ring (bicyclic) bond motifs is 1. The van der Waals surface area contributed by atoms with E-state index in [4.69, 9.17) is 11.6 Å². The highest BCUT2D eigenvalue weighted by Crippen LogP contribution is 2.24. The molecule has 0 spiro atoms. The van der Waals surface area contributed by atoms with E-state index >= 15 is 0 Å². The maximum Gasteiger partial charge on any atom is 0.141 e. The molecule has 0 unspecified atom stereocenters. The molecule has 5 heteroatoms. The van der Waals surface area contributed by atoms with Gasteiger partial charge in [0.2, 0.25) is 0 Å². The van der Waals surface area contributed by atoms with Crippen molar-refractivity contribution in [3.05, 3.63) is 64.4 Å². The Hall–Kier alpha value is -2.38. The minimum atomic E-state index is -0.704. The molecule has 1 N–H and O–H groups in total. The van der Waals surface area contributed by atoms with Crippen LogP contribution in [0.4, 0.5) is 8.78 Å². The van der Waals surface area contributed by atoms with Gasteiger partial charge in [0.1, 0.15) is 17.3 Å². The molecule has 0 aliphatic carbocycles. The minimum Gasteiger partial charge on any atom is -0.346 e. The van der Waals surface area contributed by atoms with Gasteiger partial charge in [0.25, 0.3) is 0 Å². The molecule has 0 fully saturated rings. The molecule has 2 nitrogen and oxygen atoms in total. The summed E-state index contributed by atoms with van der Waals surface area (Å²) >= 11 is 6.20. The van der Waals surface area contributed by atoms with Crippen molar-refractivity contribution in [2.45, 2.75) is 0 Å². The third kappa shape index (κ3) is 2.24. The lowest BCUT2D eigenvalue weighted by molar-refractivity contribution is 0.581. The van der Waals surface area contributed by atoms with Gasteiger partial charge in [-0.1, -0.05) is 23.4 Å². The molecule has 0 aliphatic rings. The predicted octanol–water partition coefficient (Wildman–Crippen LogP) is 3.89. The molecule has 0 amide bonds. The number of aromatic nitrogens is 2. The van der Waals surface area contributed by atoms with Crippen LogP contribution in [0.1, 0.15) is 11.1 Å². The number of benzene rings is 1. The summed E-state index contributed by atoms with van der Waals surface area (Å²) in [7, 11) is 0. The highest BCUT2D eigenvalue weighted by Gasteiger charge is 2.06. The molecule has 0 radical (unpaired) electrons. The number of nitrogens with one attached hydrogen (secondary N) is 1. The molecule has 2 heterocycles. The molecular weight excluding hydrogens is 282 g/mol. The van der Waals surface area contributed by atoms with Crippen LogP contribution in [0.25, 0.3) is 11.0 Å². The monoisotopic (exact) mass is 288 g/mol. The zero-order valence-electron chi connectivity index (χ0n) is 10.0. The molecule has 3 rings (SSSR count). The normalized spacial score (nSPS) is 10.3. The van der Waals surface area contributed by atoms with E-state index in [0.29, 0.717) is 16.2 Å². The van der Waals surface area contributed by atoms with Crippen molar-refractivity contribution >= 4 is 22.6 Å². The molecule has 20 heavy (non-hydrogen) atoms. The summed E-state index contributed by atoms with van der Waals surface area (Å²) in [5, 5.41) is 1.20. The Morgan fingerprint density at radius 1 is 1.10 bits per heavy atom. The maximum absolute atomic E-state index is 13.5. The summed E-state index contributed by atoms with van der Waals surface area (Å²) in [5.74, 6) is 4.04. The lowest BCUT2D eigenvalue weighted by Gasteiger charge is -1.97. The van der Waals surface area contributed by atoms with Gasteiger partial charge in [-0.3, -0.25) is 0 Å². The number of halogens is 3. The lowest BCUT2D eigenvalue weighted by atomic mass is 10.2. The van der Waals surface area contributed by atoms with Crippen LogP contribution in [0, 0.1) is 23.5 Å². The van der Waals surface area contributed by atoms with Gasteiger partial charge in [-0.15, -0.1) is 0 Å². The van der Waals surface area contributed by atoms with Gasteiger partial charge in [-0.2, -0.15) is 0 Å². The highest BCUT2D eigenvalue weighted by molar-refractivity contribution is 6.36. The molecule has 0 saturated heterocycles. The van der Waals surface area contributed by atoms with Crippen LogP contribution in [0.5, 0.6) is 0 Å². The lowest BCUT2D eigenvalue weighted by Crippen LogP contribution is -1.87. The van der Waals surface area contributed by atoms with Crippen LogP contribution < -0.4 is 0 Å². The molecule has 0 atom stereocenters. The molecule has 0 bridgehead atoms. The Labute approximate surface area is 118 Å². The van der Waals surface area contributed by atoms with Gasteiger partial charge >= 0.3 is 0 Å². The van der Waals surface area contributed by atoms with Crippen molar-refractivity contribution in [1.29, 1.82) is 0 Å². The number of pyridine rings is 1. The zero-order valence-corrected chi connectivity index (χ0v) is 10.8. The molecular formula is C15H7ClF2N2. The minimum absolute atomic E-state index is 0.108. The average Bonchev–Trinajstić information content (AvgIpc) is 2.89. The van der Waals surface area contributed by atoms with Crippen LogP contribution in [-0.2, 0) is 0 Å². The smallest absolute Gasteiger partial charge is 0.141 e. The third-order valence-electron chi connectivity index (χ3n) is 2.78. The maximum atomic E-state index is 13.5. The fraction of sp³-hybridized carbons (Fsp3) is 0. The number of nitrogens with zero attached hydrogens (tertiary/aromatic N) is 1. The summed E-state index contributed by atoms with van der Waals surface area (Å²) in [4.78, 5) is 7.09. The summed E-state index contributed by atoms with van der Waals surface area (Å²) in [5.41, 5.74) is 1.26.